The summed E-state index contributed by atoms with van der Waals surface area (Å²) in [7, 11) is 0. The molecule has 0 atom stereocenters. The number of aromatic nitrogens is 3. The molecule has 0 amide bonds. The van der Waals surface area contributed by atoms with E-state index in [1.807, 2.05) is 12.1 Å². The van der Waals surface area contributed by atoms with Gasteiger partial charge < -0.3 is 10.2 Å². The van der Waals surface area contributed by atoms with Crippen molar-refractivity contribution in [2.45, 2.75) is 0 Å². The lowest BCUT2D eigenvalue weighted by Gasteiger charge is -1.89. The molecule has 5 heteroatoms. The fraction of sp³-hybridized carbons (Fsp3) is 0. The van der Waals surface area contributed by atoms with Crippen LogP contribution in [0, 0.1) is 0 Å². The molecule has 0 aliphatic rings. The molecule has 0 spiro atoms. The molecule has 2 N–H and O–H groups in total. The van der Waals surface area contributed by atoms with E-state index >= 15 is 0 Å². The van der Waals surface area contributed by atoms with Gasteiger partial charge in [-0.05, 0) is 12.1 Å². The van der Waals surface area contributed by atoms with E-state index in [1.165, 1.54) is 0 Å². The summed E-state index contributed by atoms with van der Waals surface area (Å²) in [5.41, 5.74) is 5.87. The van der Waals surface area contributed by atoms with Crippen molar-refractivity contribution >= 4 is 6.01 Å². The third-order valence-electron chi connectivity index (χ3n) is 1.32. The van der Waals surface area contributed by atoms with Crippen molar-refractivity contribution in [2.75, 3.05) is 5.73 Å². The number of hydrogen-bond donors (Lipinski definition) is 1. The number of nitrogens with two attached hydrogens (primary N) is 1. The summed E-state index contributed by atoms with van der Waals surface area (Å²) < 4.78 is 4.96. The number of rotatable bonds is 1. The van der Waals surface area contributed by atoms with Gasteiger partial charge in [-0.25, -0.2) is 0 Å². The Hall–Kier alpha value is -1.91. The average Bonchev–Trinajstić information content (AvgIpc) is 2.54. The van der Waals surface area contributed by atoms with Crippen LogP contribution in [0.4, 0.5) is 6.01 Å². The zero-order valence-corrected chi connectivity index (χ0v) is 6.14. The monoisotopic (exact) mass is 162 g/mol. The van der Waals surface area contributed by atoms with Gasteiger partial charge in [-0.2, -0.15) is 0 Å². The van der Waals surface area contributed by atoms with E-state index in [4.69, 9.17) is 10.2 Å². The normalized spacial score (nSPS) is 10.0. The highest BCUT2D eigenvalue weighted by Crippen LogP contribution is 2.14. The highest BCUT2D eigenvalue weighted by atomic mass is 16.4. The van der Waals surface area contributed by atoms with Crippen molar-refractivity contribution < 1.29 is 4.42 Å². The van der Waals surface area contributed by atoms with Crippen LogP contribution >= 0.6 is 0 Å². The highest BCUT2D eigenvalue weighted by Gasteiger charge is 2.05. The third-order valence-corrected chi connectivity index (χ3v) is 1.32. The van der Waals surface area contributed by atoms with E-state index in [-0.39, 0.29) is 6.01 Å². The van der Waals surface area contributed by atoms with Crippen LogP contribution in [0.3, 0.4) is 0 Å². The first-order valence-corrected chi connectivity index (χ1v) is 3.36. The fourth-order valence-corrected chi connectivity index (χ4v) is 0.827. The Balaban J connectivity index is 2.45. The van der Waals surface area contributed by atoms with Crippen LogP contribution in [0.5, 0.6) is 0 Å². The molecule has 12 heavy (non-hydrogen) atoms. The molecule has 60 valence electrons. The summed E-state index contributed by atoms with van der Waals surface area (Å²) in [6, 6.07) is 5.47. The smallest absolute Gasteiger partial charge is 0.313 e. The molecule has 0 saturated carbocycles. The molecule has 0 aliphatic heterocycles. The lowest BCUT2D eigenvalue weighted by Crippen LogP contribution is -1.81. The summed E-state index contributed by atoms with van der Waals surface area (Å²) in [6.07, 6.45) is 1.65. The van der Waals surface area contributed by atoms with Crippen LogP contribution < -0.4 is 5.73 Å². The van der Waals surface area contributed by atoms with Crippen LogP contribution in [0.1, 0.15) is 0 Å². The summed E-state index contributed by atoms with van der Waals surface area (Å²) in [4.78, 5) is 4.01. The SMILES string of the molecule is Nc1nnc(-c2ccccn2)o1. The Morgan fingerprint density at radius 2 is 2.17 bits per heavy atom. The van der Waals surface area contributed by atoms with E-state index < -0.39 is 0 Å². The number of nitrogen functional groups attached to an aromatic ring is 1. The Morgan fingerprint density at radius 1 is 1.25 bits per heavy atom. The van der Waals surface area contributed by atoms with Crippen LogP contribution in [-0.4, -0.2) is 15.2 Å². The maximum absolute atomic E-state index is 5.25. The summed E-state index contributed by atoms with van der Waals surface area (Å²) >= 11 is 0. The Bertz CT molecular complexity index is 370. The minimum absolute atomic E-state index is 0.0515. The van der Waals surface area contributed by atoms with Gasteiger partial charge in [0.05, 0.1) is 0 Å². The van der Waals surface area contributed by atoms with Gasteiger partial charge in [0.25, 0.3) is 5.89 Å². The summed E-state index contributed by atoms with van der Waals surface area (Å²) in [5, 5.41) is 7.20. The lowest BCUT2D eigenvalue weighted by atomic mass is 10.3. The molecule has 0 unspecified atom stereocenters. The minimum atomic E-state index is 0.0515. The second-order valence-electron chi connectivity index (χ2n) is 2.16. The van der Waals surface area contributed by atoms with Crippen LogP contribution in [-0.2, 0) is 0 Å². The number of pyridine rings is 1. The predicted molar refractivity (Wildman–Crippen MR) is 41.9 cm³/mol. The molecule has 0 aliphatic carbocycles. The summed E-state index contributed by atoms with van der Waals surface area (Å²) in [5.74, 6) is 0.341. The molecule has 2 rings (SSSR count). The van der Waals surface area contributed by atoms with E-state index in [9.17, 15) is 0 Å². The minimum Gasteiger partial charge on any atom is -0.402 e. The molecule has 5 nitrogen and oxygen atoms in total. The van der Waals surface area contributed by atoms with Gasteiger partial charge in [0.2, 0.25) is 0 Å². The van der Waals surface area contributed by atoms with Gasteiger partial charge in [0.15, 0.2) is 0 Å². The van der Waals surface area contributed by atoms with Crippen molar-refractivity contribution in [1.29, 1.82) is 0 Å². The third kappa shape index (κ3) is 1.12. The first kappa shape index (κ1) is 6.78. The van der Waals surface area contributed by atoms with Crippen molar-refractivity contribution in [3.63, 3.8) is 0 Å². The van der Waals surface area contributed by atoms with Gasteiger partial charge in [-0.15, -0.1) is 5.10 Å². The molecule has 2 aromatic heterocycles. The lowest BCUT2D eigenvalue weighted by molar-refractivity contribution is 0.587. The first-order chi connectivity index (χ1) is 5.86. The predicted octanol–water partition coefficient (Wildman–Crippen LogP) is 0.714. The molecule has 2 heterocycles. The van der Waals surface area contributed by atoms with Crippen molar-refractivity contribution in [2.24, 2.45) is 0 Å². The van der Waals surface area contributed by atoms with Crippen LogP contribution in [0.2, 0.25) is 0 Å². The molecule has 0 fully saturated rings. The standard InChI is InChI=1S/C7H6N4O/c8-7-11-10-6(12-7)5-3-1-2-4-9-5/h1-4H,(H2,8,11). The van der Waals surface area contributed by atoms with E-state index in [0.717, 1.165) is 0 Å². The van der Waals surface area contributed by atoms with E-state index in [1.54, 1.807) is 12.3 Å². The average molecular weight is 162 g/mol. The zero-order chi connectivity index (χ0) is 8.39. The number of nitrogens with zero attached hydrogens (tertiary/aromatic N) is 3. The number of hydrogen-bond acceptors (Lipinski definition) is 5. The Kier molecular flexibility index (Phi) is 1.48. The van der Waals surface area contributed by atoms with Gasteiger partial charge in [-0.1, -0.05) is 11.2 Å². The van der Waals surface area contributed by atoms with Gasteiger partial charge in [0, 0.05) is 6.20 Å². The largest absolute Gasteiger partial charge is 0.402 e. The Morgan fingerprint density at radius 3 is 2.75 bits per heavy atom. The topological polar surface area (TPSA) is 77.8 Å². The summed E-state index contributed by atoms with van der Waals surface area (Å²) in [6.45, 7) is 0. The molecule has 0 saturated heterocycles. The fourth-order valence-electron chi connectivity index (χ4n) is 0.827. The molecular formula is C7H6N4O. The zero-order valence-electron chi connectivity index (χ0n) is 6.14. The van der Waals surface area contributed by atoms with Gasteiger partial charge >= 0.3 is 6.01 Å². The molecule has 0 bridgehead atoms. The van der Waals surface area contributed by atoms with E-state index in [0.29, 0.717) is 11.6 Å². The van der Waals surface area contributed by atoms with Gasteiger partial charge in [0.1, 0.15) is 5.69 Å². The second-order valence-corrected chi connectivity index (χ2v) is 2.16. The quantitative estimate of drug-likeness (QED) is 0.668. The maximum Gasteiger partial charge on any atom is 0.313 e. The molecule has 2 aromatic rings. The highest BCUT2D eigenvalue weighted by molar-refractivity contribution is 5.45. The molecular weight excluding hydrogens is 156 g/mol. The molecule has 0 aromatic carbocycles. The van der Waals surface area contributed by atoms with Gasteiger partial charge in [-0.3, -0.25) is 4.98 Å². The van der Waals surface area contributed by atoms with E-state index in [2.05, 4.69) is 15.2 Å². The van der Waals surface area contributed by atoms with Crippen molar-refractivity contribution in [3.05, 3.63) is 24.4 Å². The number of anilines is 1. The van der Waals surface area contributed by atoms with Crippen molar-refractivity contribution in [1.82, 2.24) is 15.2 Å². The van der Waals surface area contributed by atoms with Crippen LogP contribution in [0.25, 0.3) is 11.6 Å². The van der Waals surface area contributed by atoms with Crippen LogP contribution in [0.15, 0.2) is 28.8 Å². The van der Waals surface area contributed by atoms with Crippen molar-refractivity contribution in [3.8, 4) is 11.6 Å². The molecule has 0 radical (unpaired) electrons. The maximum atomic E-state index is 5.25. The first-order valence-electron chi connectivity index (χ1n) is 3.36. The second kappa shape index (κ2) is 2.61. The Labute approximate surface area is 68.3 Å².